The molecule has 7 heteroatoms. The van der Waals surface area contributed by atoms with Gasteiger partial charge < -0.3 is 25.4 Å². The summed E-state index contributed by atoms with van der Waals surface area (Å²) >= 11 is 0. The van der Waals surface area contributed by atoms with Gasteiger partial charge in [0, 0.05) is 19.2 Å². The SMILES string of the molecule is COc1cc(NC(=O)CN)c(C(=O)N2CCCC2)cc1OC. The molecule has 0 aromatic heterocycles. The highest BCUT2D eigenvalue weighted by atomic mass is 16.5. The summed E-state index contributed by atoms with van der Waals surface area (Å²) in [6.45, 7) is 1.28. The van der Waals surface area contributed by atoms with Crippen LogP contribution in [0.15, 0.2) is 12.1 Å². The van der Waals surface area contributed by atoms with Gasteiger partial charge >= 0.3 is 0 Å². The van der Waals surface area contributed by atoms with Crippen LogP contribution in [0.1, 0.15) is 23.2 Å². The van der Waals surface area contributed by atoms with Crippen molar-refractivity contribution in [3.05, 3.63) is 17.7 Å². The van der Waals surface area contributed by atoms with Crippen molar-refractivity contribution in [1.29, 1.82) is 0 Å². The molecule has 1 aromatic rings. The Morgan fingerprint density at radius 2 is 1.77 bits per heavy atom. The number of hydrogen-bond acceptors (Lipinski definition) is 5. The topological polar surface area (TPSA) is 93.9 Å². The minimum atomic E-state index is -0.373. The second-order valence-corrected chi connectivity index (χ2v) is 5.00. The molecule has 1 fully saturated rings. The van der Waals surface area contributed by atoms with E-state index in [0.29, 0.717) is 22.7 Å². The Bertz CT molecular complexity index is 568. The maximum Gasteiger partial charge on any atom is 0.256 e. The summed E-state index contributed by atoms with van der Waals surface area (Å²) in [6, 6.07) is 3.17. The van der Waals surface area contributed by atoms with Crippen LogP contribution in [0, 0.1) is 0 Å². The van der Waals surface area contributed by atoms with E-state index in [1.165, 1.54) is 14.2 Å². The number of nitrogens with one attached hydrogen (secondary N) is 1. The molecule has 0 bridgehead atoms. The summed E-state index contributed by atoms with van der Waals surface area (Å²) in [6.07, 6.45) is 1.98. The third-order valence-corrected chi connectivity index (χ3v) is 3.61. The average molecular weight is 307 g/mol. The lowest BCUT2D eigenvalue weighted by Gasteiger charge is -2.20. The maximum atomic E-state index is 12.7. The van der Waals surface area contributed by atoms with Crippen molar-refractivity contribution in [2.45, 2.75) is 12.8 Å². The monoisotopic (exact) mass is 307 g/mol. The first kappa shape index (κ1) is 16.1. The molecule has 7 nitrogen and oxygen atoms in total. The third-order valence-electron chi connectivity index (χ3n) is 3.61. The first-order chi connectivity index (χ1) is 10.6. The van der Waals surface area contributed by atoms with Crippen LogP contribution in [0.25, 0.3) is 0 Å². The summed E-state index contributed by atoms with van der Waals surface area (Å²) < 4.78 is 10.5. The molecule has 0 unspecified atom stereocenters. The molecule has 22 heavy (non-hydrogen) atoms. The zero-order valence-electron chi connectivity index (χ0n) is 12.8. The van der Waals surface area contributed by atoms with Crippen LogP contribution in [-0.4, -0.2) is 50.6 Å². The van der Waals surface area contributed by atoms with E-state index in [-0.39, 0.29) is 18.4 Å². The minimum Gasteiger partial charge on any atom is -0.493 e. The van der Waals surface area contributed by atoms with E-state index in [1.54, 1.807) is 17.0 Å². The Morgan fingerprint density at radius 1 is 1.18 bits per heavy atom. The molecule has 1 saturated heterocycles. The van der Waals surface area contributed by atoms with Crippen LogP contribution < -0.4 is 20.5 Å². The number of likely N-dealkylation sites (tertiary alicyclic amines) is 1. The van der Waals surface area contributed by atoms with Crippen LogP contribution >= 0.6 is 0 Å². The predicted molar refractivity (Wildman–Crippen MR) is 82.4 cm³/mol. The van der Waals surface area contributed by atoms with Gasteiger partial charge in [-0.25, -0.2) is 0 Å². The lowest BCUT2D eigenvalue weighted by molar-refractivity contribution is -0.114. The standard InChI is InChI=1S/C15H21N3O4/c1-21-12-7-10(15(20)18-5-3-4-6-18)11(8-13(12)22-2)17-14(19)9-16/h7-8H,3-6,9,16H2,1-2H3,(H,17,19). The fraction of sp³-hybridized carbons (Fsp3) is 0.467. The quantitative estimate of drug-likeness (QED) is 0.840. The van der Waals surface area contributed by atoms with Gasteiger partial charge in [0.15, 0.2) is 11.5 Å². The molecule has 0 spiro atoms. The average Bonchev–Trinajstić information content (AvgIpc) is 3.08. The molecule has 120 valence electrons. The molecule has 2 rings (SSSR count). The van der Waals surface area contributed by atoms with Gasteiger partial charge in [0.1, 0.15) is 0 Å². The van der Waals surface area contributed by atoms with Crippen LogP contribution in [0.3, 0.4) is 0 Å². The van der Waals surface area contributed by atoms with Crippen molar-refractivity contribution >= 4 is 17.5 Å². The Morgan fingerprint density at radius 3 is 2.32 bits per heavy atom. The van der Waals surface area contributed by atoms with Gasteiger partial charge in [-0.15, -0.1) is 0 Å². The molecule has 0 radical (unpaired) electrons. The number of anilines is 1. The van der Waals surface area contributed by atoms with E-state index in [4.69, 9.17) is 15.2 Å². The third kappa shape index (κ3) is 3.30. The van der Waals surface area contributed by atoms with Gasteiger partial charge in [-0.3, -0.25) is 9.59 Å². The smallest absolute Gasteiger partial charge is 0.256 e. The Balaban J connectivity index is 2.42. The van der Waals surface area contributed by atoms with Gasteiger partial charge in [-0.05, 0) is 18.9 Å². The van der Waals surface area contributed by atoms with Crippen LogP contribution in [-0.2, 0) is 4.79 Å². The van der Waals surface area contributed by atoms with E-state index < -0.39 is 0 Å². The van der Waals surface area contributed by atoms with E-state index >= 15 is 0 Å². The normalized spacial score (nSPS) is 13.9. The molecule has 0 atom stereocenters. The van der Waals surface area contributed by atoms with E-state index in [1.807, 2.05) is 0 Å². The minimum absolute atomic E-state index is 0.134. The number of ether oxygens (including phenoxy) is 2. The number of hydrogen-bond donors (Lipinski definition) is 2. The van der Waals surface area contributed by atoms with Gasteiger partial charge in [0.2, 0.25) is 5.91 Å². The number of carbonyl (C=O) groups excluding carboxylic acids is 2. The molecule has 1 aliphatic heterocycles. The van der Waals surface area contributed by atoms with Crippen LogP contribution in [0.4, 0.5) is 5.69 Å². The molecule has 1 aliphatic rings. The molecule has 0 saturated carbocycles. The lowest BCUT2D eigenvalue weighted by atomic mass is 10.1. The number of methoxy groups -OCH3 is 2. The number of benzene rings is 1. The fourth-order valence-corrected chi connectivity index (χ4v) is 2.45. The summed E-state index contributed by atoms with van der Waals surface area (Å²) in [5.74, 6) is 0.372. The van der Waals surface area contributed by atoms with E-state index in [0.717, 1.165) is 25.9 Å². The molecule has 3 N–H and O–H groups in total. The first-order valence-corrected chi connectivity index (χ1v) is 7.16. The first-order valence-electron chi connectivity index (χ1n) is 7.16. The molecule has 2 amide bonds. The predicted octanol–water partition coefficient (Wildman–Crippen LogP) is 0.837. The van der Waals surface area contributed by atoms with Crippen LogP contribution in [0.2, 0.25) is 0 Å². The molecule has 1 aromatic carbocycles. The molecular weight excluding hydrogens is 286 g/mol. The zero-order valence-corrected chi connectivity index (χ0v) is 12.8. The number of carbonyl (C=O) groups is 2. The Hall–Kier alpha value is -2.28. The maximum absolute atomic E-state index is 12.7. The Labute approximate surface area is 129 Å². The number of amides is 2. The van der Waals surface area contributed by atoms with Crippen molar-refractivity contribution in [2.24, 2.45) is 5.73 Å². The van der Waals surface area contributed by atoms with Gasteiger partial charge in [0.25, 0.3) is 5.91 Å². The molecule has 1 heterocycles. The zero-order chi connectivity index (χ0) is 16.1. The molecular formula is C15H21N3O4. The highest BCUT2D eigenvalue weighted by Gasteiger charge is 2.24. The molecule has 0 aliphatic carbocycles. The second-order valence-electron chi connectivity index (χ2n) is 5.00. The second kappa shape index (κ2) is 7.13. The van der Waals surface area contributed by atoms with E-state index in [9.17, 15) is 9.59 Å². The lowest BCUT2D eigenvalue weighted by Crippen LogP contribution is -2.30. The van der Waals surface area contributed by atoms with Crippen molar-refractivity contribution in [2.75, 3.05) is 39.2 Å². The van der Waals surface area contributed by atoms with Gasteiger partial charge in [0.05, 0.1) is 32.0 Å². The van der Waals surface area contributed by atoms with Crippen LogP contribution in [0.5, 0.6) is 11.5 Å². The van der Waals surface area contributed by atoms with Crippen molar-refractivity contribution in [1.82, 2.24) is 4.90 Å². The summed E-state index contributed by atoms with van der Waals surface area (Å²) in [4.78, 5) is 26.0. The van der Waals surface area contributed by atoms with Crippen molar-refractivity contribution in [3.8, 4) is 11.5 Å². The summed E-state index contributed by atoms with van der Waals surface area (Å²) in [5, 5.41) is 2.64. The highest BCUT2D eigenvalue weighted by molar-refractivity contribution is 6.05. The largest absolute Gasteiger partial charge is 0.493 e. The number of nitrogens with zero attached hydrogens (tertiary/aromatic N) is 1. The Kier molecular flexibility index (Phi) is 5.21. The van der Waals surface area contributed by atoms with Gasteiger partial charge in [-0.1, -0.05) is 0 Å². The number of rotatable bonds is 5. The summed E-state index contributed by atoms with van der Waals surface area (Å²) in [7, 11) is 2.99. The summed E-state index contributed by atoms with van der Waals surface area (Å²) in [5.41, 5.74) is 6.09. The number of nitrogens with two attached hydrogens (primary N) is 1. The van der Waals surface area contributed by atoms with Crippen molar-refractivity contribution in [3.63, 3.8) is 0 Å². The van der Waals surface area contributed by atoms with E-state index in [2.05, 4.69) is 5.32 Å². The van der Waals surface area contributed by atoms with Gasteiger partial charge in [-0.2, -0.15) is 0 Å². The van der Waals surface area contributed by atoms with Crippen molar-refractivity contribution < 1.29 is 19.1 Å². The fourth-order valence-electron chi connectivity index (χ4n) is 2.45. The highest BCUT2D eigenvalue weighted by Crippen LogP contribution is 2.34.